The molecule has 0 aliphatic heterocycles. The fourth-order valence-corrected chi connectivity index (χ4v) is 5.43. The summed E-state index contributed by atoms with van der Waals surface area (Å²) >= 11 is 4.82. The van der Waals surface area contributed by atoms with Crippen molar-refractivity contribution < 1.29 is 28.6 Å². The van der Waals surface area contributed by atoms with Crippen molar-refractivity contribution in [2.75, 3.05) is 26.1 Å². The van der Waals surface area contributed by atoms with Crippen molar-refractivity contribution in [3.63, 3.8) is 0 Å². The Morgan fingerprint density at radius 3 is 2.56 bits per heavy atom. The first-order valence-electron chi connectivity index (χ1n) is 10.2. The van der Waals surface area contributed by atoms with E-state index in [0.29, 0.717) is 29.2 Å². The first kappa shape index (κ1) is 24.3. The summed E-state index contributed by atoms with van der Waals surface area (Å²) in [7, 11) is 2.59. The lowest BCUT2D eigenvalue weighted by Crippen LogP contribution is -2.22. The number of hydrogen-bond donors (Lipinski definition) is 1. The molecule has 0 fully saturated rings. The van der Waals surface area contributed by atoms with Crippen LogP contribution in [0.25, 0.3) is 0 Å². The van der Waals surface area contributed by atoms with Crippen LogP contribution in [0.3, 0.4) is 0 Å². The molecular weight excluding hydrogens is 498 g/mol. The van der Waals surface area contributed by atoms with E-state index in [-0.39, 0.29) is 18.1 Å². The molecule has 7 nitrogen and oxygen atoms in total. The summed E-state index contributed by atoms with van der Waals surface area (Å²) < 4.78 is 16.6. The summed E-state index contributed by atoms with van der Waals surface area (Å²) in [6, 6.07) is 3.90. The Morgan fingerprint density at radius 2 is 1.94 bits per heavy atom. The first-order chi connectivity index (χ1) is 15.2. The average Bonchev–Trinajstić information content (AvgIpc) is 3.31. The summed E-state index contributed by atoms with van der Waals surface area (Å²) in [5.41, 5.74) is 2.80. The zero-order valence-electron chi connectivity index (χ0n) is 18.7. The van der Waals surface area contributed by atoms with E-state index < -0.39 is 23.8 Å². The molecule has 0 saturated heterocycles. The van der Waals surface area contributed by atoms with Crippen LogP contribution in [0.4, 0.5) is 5.00 Å². The number of esters is 2. The topological polar surface area (TPSA) is 90.9 Å². The maximum atomic E-state index is 12.7. The SMILES string of the molecule is COC(=O)c1c(NC(=O)COc2cc(C)c(Br)cc2C(C)C)sc2c1C(C(=O)OC)CC2. The second kappa shape index (κ2) is 10.0. The highest BCUT2D eigenvalue weighted by Crippen LogP contribution is 2.46. The third kappa shape index (κ3) is 4.83. The molecule has 2 aromatic rings. The van der Waals surface area contributed by atoms with Gasteiger partial charge in [0.2, 0.25) is 0 Å². The third-order valence-electron chi connectivity index (χ3n) is 5.43. The Hall–Kier alpha value is -2.39. The van der Waals surface area contributed by atoms with Crippen LogP contribution >= 0.6 is 27.3 Å². The van der Waals surface area contributed by atoms with Crippen LogP contribution in [0.5, 0.6) is 5.75 Å². The van der Waals surface area contributed by atoms with Gasteiger partial charge in [-0.05, 0) is 54.5 Å². The molecule has 172 valence electrons. The van der Waals surface area contributed by atoms with Gasteiger partial charge in [-0.2, -0.15) is 0 Å². The molecule has 1 aromatic heterocycles. The zero-order chi connectivity index (χ0) is 23.6. The molecule has 0 radical (unpaired) electrons. The van der Waals surface area contributed by atoms with Crippen LogP contribution in [-0.4, -0.2) is 38.7 Å². The van der Waals surface area contributed by atoms with Crippen molar-refractivity contribution in [1.29, 1.82) is 0 Å². The maximum absolute atomic E-state index is 12.7. The van der Waals surface area contributed by atoms with E-state index in [9.17, 15) is 14.4 Å². The monoisotopic (exact) mass is 523 g/mol. The first-order valence-corrected chi connectivity index (χ1v) is 11.8. The number of rotatable bonds is 7. The highest BCUT2D eigenvalue weighted by atomic mass is 79.9. The van der Waals surface area contributed by atoms with E-state index in [4.69, 9.17) is 14.2 Å². The minimum atomic E-state index is -0.597. The maximum Gasteiger partial charge on any atom is 0.341 e. The summed E-state index contributed by atoms with van der Waals surface area (Å²) in [5, 5.41) is 3.13. The number of halogens is 1. The van der Waals surface area contributed by atoms with E-state index in [1.165, 1.54) is 25.6 Å². The lowest BCUT2D eigenvalue weighted by molar-refractivity contribution is -0.142. The van der Waals surface area contributed by atoms with Gasteiger partial charge in [0.15, 0.2) is 6.61 Å². The summed E-state index contributed by atoms with van der Waals surface area (Å²) in [4.78, 5) is 38.3. The van der Waals surface area contributed by atoms with Crippen LogP contribution < -0.4 is 10.1 Å². The fourth-order valence-electron chi connectivity index (χ4n) is 3.79. The van der Waals surface area contributed by atoms with Gasteiger partial charge < -0.3 is 19.5 Å². The molecule has 32 heavy (non-hydrogen) atoms. The van der Waals surface area contributed by atoms with Crippen molar-refractivity contribution in [2.24, 2.45) is 0 Å². The van der Waals surface area contributed by atoms with Crippen molar-refractivity contribution in [2.45, 2.75) is 45.4 Å². The molecule has 3 rings (SSSR count). The molecule has 1 amide bonds. The van der Waals surface area contributed by atoms with Crippen LogP contribution in [0.15, 0.2) is 16.6 Å². The van der Waals surface area contributed by atoms with Crippen LogP contribution in [0, 0.1) is 6.92 Å². The van der Waals surface area contributed by atoms with E-state index in [2.05, 4.69) is 35.1 Å². The van der Waals surface area contributed by atoms with Gasteiger partial charge >= 0.3 is 11.9 Å². The number of methoxy groups -OCH3 is 2. The smallest absolute Gasteiger partial charge is 0.341 e. The van der Waals surface area contributed by atoms with Gasteiger partial charge in [0, 0.05) is 9.35 Å². The number of fused-ring (bicyclic) bond motifs is 1. The number of amides is 1. The molecule has 1 N–H and O–H groups in total. The highest BCUT2D eigenvalue weighted by Gasteiger charge is 2.38. The van der Waals surface area contributed by atoms with Crippen molar-refractivity contribution in [1.82, 2.24) is 0 Å². The number of carbonyl (C=O) groups is 3. The second-order valence-electron chi connectivity index (χ2n) is 7.88. The number of anilines is 1. The van der Waals surface area contributed by atoms with E-state index in [1.807, 2.05) is 19.1 Å². The lowest BCUT2D eigenvalue weighted by atomic mass is 9.99. The number of thiophene rings is 1. The Bertz CT molecular complexity index is 1060. The normalized spacial score (nSPS) is 14.8. The van der Waals surface area contributed by atoms with Gasteiger partial charge in [-0.25, -0.2) is 4.79 Å². The van der Waals surface area contributed by atoms with Gasteiger partial charge in [0.25, 0.3) is 5.91 Å². The number of carbonyl (C=O) groups excluding carboxylic acids is 3. The van der Waals surface area contributed by atoms with Gasteiger partial charge in [0.05, 0.1) is 25.7 Å². The Kier molecular flexibility index (Phi) is 7.61. The standard InChI is InChI=1S/C23H26BrNO6S/c1-11(2)14-9-15(24)12(3)8-16(14)31-10-18(26)25-21-20(23(28)30-5)19-13(22(27)29-4)6-7-17(19)32-21/h8-9,11,13H,6-7,10H2,1-5H3,(H,25,26). The van der Waals surface area contributed by atoms with Crippen LogP contribution in [0.1, 0.15) is 64.0 Å². The third-order valence-corrected chi connectivity index (χ3v) is 7.47. The quantitative estimate of drug-likeness (QED) is 0.516. The molecule has 0 bridgehead atoms. The van der Waals surface area contributed by atoms with Crippen LogP contribution in [-0.2, 0) is 25.5 Å². The number of hydrogen-bond acceptors (Lipinski definition) is 7. The number of ether oxygens (including phenoxy) is 3. The average molecular weight is 524 g/mol. The molecular formula is C23H26BrNO6S. The van der Waals surface area contributed by atoms with Gasteiger partial charge in [-0.15, -0.1) is 11.3 Å². The van der Waals surface area contributed by atoms with Gasteiger partial charge in [-0.3, -0.25) is 9.59 Å². The molecule has 1 atom stereocenters. The molecule has 9 heteroatoms. The van der Waals surface area contributed by atoms with E-state index in [1.54, 1.807) is 0 Å². The summed E-state index contributed by atoms with van der Waals surface area (Å²) in [6.07, 6.45) is 1.20. The number of nitrogens with one attached hydrogen (secondary N) is 1. The number of aryl methyl sites for hydroxylation is 2. The molecule has 1 heterocycles. The predicted octanol–water partition coefficient (Wildman–Crippen LogP) is 4.95. The largest absolute Gasteiger partial charge is 0.483 e. The van der Waals surface area contributed by atoms with Gasteiger partial charge in [0.1, 0.15) is 10.8 Å². The zero-order valence-corrected chi connectivity index (χ0v) is 21.1. The van der Waals surface area contributed by atoms with E-state index >= 15 is 0 Å². The fraction of sp³-hybridized carbons (Fsp3) is 0.435. The van der Waals surface area contributed by atoms with Crippen LogP contribution in [0.2, 0.25) is 0 Å². The number of benzene rings is 1. The molecule has 1 aromatic carbocycles. The van der Waals surface area contributed by atoms with Gasteiger partial charge in [-0.1, -0.05) is 29.8 Å². The Morgan fingerprint density at radius 1 is 1.22 bits per heavy atom. The molecule has 0 spiro atoms. The van der Waals surface area contributed by atoms with E-state index in [0.717, 1.165) is 20.5 Å². The Balaban J connectivity index is 1.82. The lowest BCUT2D eigenvalue weighted by Gasteiger charge is -2.16. The minimum absolute atomic E-state index is 0.214. The molecule has 1 aliphatic rings. The second-order valence-corrected chi connectivity index (χ2v) is 9.84. The molecule has 0 saturated carbocycles. The van der Waals surface area contributed by atoms with Crippen molar-refractivity contribution in [3.8, 4) is 5.75 Å². The Labute approximate surface area is 199 Å². The van der Waals surface area contributed by atoms with Crippen molar-refractivity contribution >= 4 is 50.1 Å². The van der Waals surface area contributed by atoms with Crippen molar-refractivity contribution in [3.05, 3.63) is 43.7 Å². The minimum Gasteiger partial charge on any atom is -0.483 e. The summed E-state index contributed by atoms with van der Waals surface area (Å²) in [5.74, 6) is -1.09. The summed E-state index contributed by atoms with van der Waals surface area (Å²) in [6.45, 7) is 5.84. The molecule has 1 unspecified atom stereocenters. The predicted molar refractivity (Wildman–Crippen MR) is 126 cm³/mol. The molecule has 1 aliphatic carbocycles. The highest BCUT2D eigenvalue weighted by molar-refractivity contribution is 9.10.